The van der Waals surface area contributed by atoms with Gasteiger partial charge in [-0.2, -0.15) is 0 Å². The van der Waals surface area contributed by atoms with Gasteiger partial charge in [-0.05, 0) is 38.5 Å². The second kappa shape index (κ2) is 50.3. The van der Waals surface area contributed by atoms with Gasteiger partial charge < -0.3 is 14.6 Å². The Morgan fingerprint density at radius 2 is 0.696 bits per heavy atom. The van der Waals surface area contributed by atoms with Gasteiger partial charge in [-0.15, -0.1) is 0 Å². The van der Waals surface area contributed by atoms with Gasteiger partial charge in [0, 0.05) is 13.0 Å². The predicted octanol–water partition coefficient (Wildman–Crippen LogP) is 17.3. The molecule has 1 N–H and O–H groups in total. The van der Waals surface area contributed by atoms with Crippen LogP contribution in [-0.4, -0.2) is 37.0 Å². The third-order valence-electron chi connectivity index (χ3n) is 11.8. The molecule has 0 rings (SSSR count). The van der Waals surface area contributed by atoms with Gasteiger partial charge in [-0.25, -0.2) is 0 Å². The first-order valence-corrected chi connectivity index (χ1v) is 25.8. The van der Waals surface area contributed by atoms with Crippen LogP contribution in [-0.2, 0) is 14.3 Å². The Balaban J connectivity index is 3.33. The number of hydrogen-bond donors (Lipinski definition) is 1. The number of ether oxygens (including phenoxy) is 2. The van der Waals surface area contributed by atoms with E-state index >= 15 is 0 Å². The fourth-order valence-corrected chi connectivity index (χ4v) is 7.97. The van der Waals surface area contributed by atoms with E-state index in [0.29, 0.717) is 19.6 Å². The van der Waals surface area contributed by atoms with E-state index in [0.717, 1.165) is 19.3 Å². The first-order chi connectivity index (χ1) is 27.7. The molecule has 0 aliphatic rings. The summed E-state index contributed by atoms with van der Waals surface area (Å²) in [5.74, 6) is -0.196. The van der Waals surface area contributed by atoms with Gasteiger partial charge in [0.15, 0.2) is 0 Å². The van der Waals surface area contributed by atoms with Crippen molar-refractivity contribution in [3.05, 3.63) is 12.2 Å². The summed E-state index contributed by atoms with van der Waals surface area (Å²) < 4.78 is 11.2. The van der Waals surface area contributed by atoms with Gasteiger partial charge in [0.1, 0.15) is 6.10 Å². The lowest BCUT2D eigenvalue weighted by Crippen LogP contribution is -2.27. The number of carbonyl (C=O) groups excluding carboxylic acids is 1. The Bertz CT molecular complexity index is 751. The lowest BCUT2D eigenvalue weighted by Gasteiger charge is -2.16. The van der Waals surface area contributed by atoms with Crippen LogP contribution >= 0.6 is 0 Å². The van der Waals surface area contributed by atoms with Gasteiger partial charge in [0.05, 0.1) is 13.2 Å². The van der Waals surface area contributed by atoms with Crippen molar-refractivity contribution in [1.82, 2.24) is 0 Å². The molecule has 334 valence electrons. The van der Waals surface area contributed by atoms with Gasteiger partial charge in [0.2, 0.25) is 0 Å². The number of esters is 1. The normalized spacial score (nSPS) is 12.3. The predicted molar refractivity (Wildman–Crippen MR) is 247 cm³/mol. The minimum Gasteiger partial charge on any atom is -0.457 e. The molecule has 0 amide bonds. The van der Waals surface area contributed by atoms with Crippen molar-refractivity contribution >= 4 is 5.97 Å². The van der Waals surface area contributed by atoms with Gasteiger partial charge in [-0.3, -0.25) is 4.79 Å². The largest absolute Gasteiger partial charge is 0.457 e. The van der Waals surface area contributed by atoms with Crippen LogP contribution in [0.4, 0.5) is 0 Å². The fraction of sp³-hybridized carbons (Fsp3) is 0.942. The number of carbonyl (C=O) groups is 1. The summed E-state index contributed by atoms with van der Waals surface area (Å²) in [5.41, 5.74) is 0. The lowest BCUT2D eigenvalue weighted by atomic mass is 10.0. The average molecular weight is 791 g/mol. The standard InChI is InChI=1S/C52H102O4/c1-3-5-7-9-11-13-15-17-19-21-23-24-25-26-27-28-30-32-34-36-38-40-42-44-46-48-55-50-51(49-53)56-52(54)47-45-43-41-39-37-35-33-31-29-22-20-18-16-14-12-10-8-6-4-2/h18,20,51,53H,3-17,19,21-50H2,1-2H3/b20-18-. The second-order valence-electron chi connectivity index (χ2n) is 17.6. The van der Waals surface area contributed by atoms with Crippen LogP contribution in [0.15, 0.2) is 12.2 Å². The molecule has 0 saturated heterocycles. The Kier molecular flexibility index (Phi) is 49.5. The highest BCUT2D eigenvalue weighted by Crippen LogP contribution is 2.17. The number of aliphatic hydroxyl groups is 1. The zero-order chi connectivity index (χ0) is 40.5. The van der Waals surface area contributed by atoms with Gasteiger partial charge >= 0.3 is 5.97 Å². The van der Waals surface area contributed by atoms with E-state index in [9.17, 15) is 9.90 Å². The quantitative estimate of drug-likeness (QED) is 0.0379. The number of unbranched alkanes of at least 4 members (excludes halogenated alkanes) is 39. The maximum atomic E-state index is 12.3. The summed E-state index contributed by atoms with van der Waals surface area (Å²) >= 11 is 0. The van der Waals surface area contributed by atoms with Crippen molar-refractivity contribution in [2.75, 3.05) is 19.8 Å². The monoisotopic (exact) mass is 791 g/mol. The molecular formula is C52H102O4. The number of hydrogen-bond acceptors (Lipinski definition) is 4. The van der Waals surface area contributed by atoms with Crippen LogP contribution in [0.2, 0.25) is 0 Å². The summed E-state index contributed by atoms with van der Waals surface area (Å²) in [5, 5.41) is 9.65. The third-order valence-corrected chi connectivity index (χ3v) is 11.8. The first-order valence-electron chi connectivity index (χ1n) is 25.8. The lowest BCUT2D eigenvalue weighted by molar-refractivity contribution is -0.154. The summed E-state index contributed by atoms with van der Waals surface area (Å²) in [6.45, 7) is 5.40. The zero-order valence-corrected chi connectivity index (χ0v) is 38.4. The maximum absolute atomic E-state index is 12.3. The van der Waals surface area contributed by atoms with Crippen LogP contribution in [0, 0.1) is 0 Å². The molecule has 1 unspecified atom stereocenters. The van der Waals surface area contributed by atoms with Crippen molar-refractivity contribution < 1.29 is 19.4 Å². The Hall–Kier alpha value is -0.870. The molecule has 0 aromatic carbocycles. The van der Waals surface area contributed by atoms with E-state index in [4.69, 9.17) is 9.47 Å². The average Bonchev–Trinajstić information content (AvgIpc) is 3.20. The molecular weight excluding hydrogens is 689 g/mol. The summed E-state index contributed by atoms with van der Waals surface area (Å²) in [6.07, 6.45) is 61.7. The van der Waals surface area contributed by atoms with E-state index in [-0.39, 0.29) is 12.6 Å². The molecule has 0 aromatic heterocycles. The number of allylic oxidation sites excluding steroid dienone is 2. The topological polar surface area (TPSA) is 55.8 Å². The molecule has 56 heavy (non-hydrogen) atoms. The van der Waals surface area contributed by atoms with Gasteiger partial charge in [0.25, 0.3) is 0 Å². The Morgan fingerprint density at radius 1 is 0.411 bits per heavy atom. The summed E-state index contributed by atoms with van der Waals surface area (Å²) in [7, 11) is 0. The molecule has 4 heteroatoms. The molecule has 0 spiro atoms. The summed E-state index contributed by atoms with van der Waals surface area (Å²) in [6, 6.07) is 0. The van der Waals surface area contributed by atoms with E-state index < -0.39 is 6.10 Å². The molecule has 1 atom stereocenters. The van der Waals surface area contributed by atoms with Crippen LogP contribution in [0.3, 0.4) is 0 Å². The highest BCUT2D eigenvalue weighted by atomic mass is 16.6. The third kappa shape index (κ3) is 47.5. The van der Waals surface area contributed by atoms with E-state index in [1.165, 1.54) is 250 Å². The van der Waals surface area contributed by atoms with Crippen molar-refractivity contribution in [2.24, 2.45) is 0 Å². The molecule has 0 heterocycles. The molecule has 0 fully saturated rings. The summed E-state index contributed by atoms with van der Waals surface area (Å²) in [4.78, 5) is 12.3. The molecule has 0 aromatic rings. The van der Waals surface area contributed by atoms with E-state index in [1.54, 1.807) is 0 Å². The molecule has 0 aliphatic carbocycles. The molecule has 0 aliphatic heterocycles. The minimum atomic E-state index is -0.530. The van der Waals surface area contributed by atoms with E-state index in [2.05, 4.69) is 26.0 Å². The van der Waals surface area contributed by atoms with Crippen molar-refractivity contribution in [3.8, 4) is 0 Å². The second-order valence-corrected chi connectivity index (χ2v) is 17.6. The zero-order valence-electron chi connectivity index (χ0n) is 38.4. The van der Waals surface area contributed by atoms with E-state index in [1.807, 2.05) is 0 Å². The van der Waals surface area contributed by atoms with Gasteiger partial charge in [-0.1, -0.05) is 257 Å². The highest BCUT2D eigenvalue weighted by Gasteiger charge is 2.13. The minimum absolute atomic E-state index is 0.166. The highest BCUT2D eigenvalue weighted by molar-refractivity contribution is 5.69. The first kappa shape index (κ1) is 55.1. The molecule has 4 nitrogen and oxygen atoms in total. The van der Waals surface area contributed by atoms with Crippen molar-refractivity contribution in [3.63, 3.8) is 0 Å². The van der Waals surface area contributed by atoms with Crippen LogP contribution in [0.1, 0.15) is 290 Å². The van der Waals surface area contributed by atoms with Crippen LogP contribution in [0.25, 0.3) is 0 Å². The van der Waals surface area contributed by atoms with Crippen LogP contribution in [0.5, 0.6) is 0 Å². The number of aliphatic hydroxyl groups excluding tert-OH is 1. The van der Waals surface area contributed by atoms with Crippen molar-refractivity contribution in [2.45, 2.75) is 296 Å². The SMILES string of the molecule is CCCCCCCC/C=C\CCCCCCCCCCCC(=O)OC(CO)COCCCCCCCCCCCCCCCCCCCCCCCCCCC. The van der Waals surface area contributed by atoms with Crippen molar-refractivity contribution in [1.29, 1.82) is 0 Å². The smallest absolute Gasteiger partial charge is 0.306 e. The van der Waals surface area contributed by atoms with Crippen LogP contribution < -0.4 is 0 Å². The molecule has 0 saturated carbocycles. The Labute approximate surface area is 352 Å². The molecule has 0 radical (unpaired) electrons. The Morgan fingerprint density at radius 3 is 1.02 bits per heavy atom. The number of rotatable bonds is 49. The fourth-order valence-electron chi connectivity index (χ4n) is 7.97. The maximum Gasteiger partial charge on any atom is 0.306 e. The molecule has 0 bridgehead atoms.